The first-order valence-corrected chi connectivity index (χ1v) is 9.74. The smallest absolute Gasteiger partial charge is 0.336 e. The summed E-state index contributed by atoms with van der Waals surface area (Å²) in [6.07, 6.45) is 2.61. The van der Waals surface area contributed by atoms with Crippen LogP contribution in [-0.4, -0.2) is 55.2 Å². The largest absolute Gasteiger partial charge is 0.492 e. The van der Waals surface area contributed by atoms with Crippen LogP contribution >= 0.6 is 0 Å². The van der Waals surface area contributed by atoms with E-state index in [-0.39, 0.29) is 5.63 Å². The summed E-state index contributed by atoms with van der Waals surface area (Å²) < 4.78 is 11.2. The quantitative estimate of drug-likeness (QED) is 0.678. The third kappa shape index (κ3) is 4.46. The maximum Gasteiger partial charge on any atom is 0.336 e. The second-order valence-electron chi connectivity index (χ2n) is 7.07. The van der Waals surface area contributed by atoms with Crippen LogP contribution in [0.15, 0.2) is 33.5 Å². The maximum atomic E-state index is 11.6. The molecule has 0 saturated carbocycles. The Morgan fingerprint density at radius 3 is 2.92 bits per heavy atom. The Morgan fingerprint density at radius 1 is 1.31 bits per heavy atom. The van der Waals surface area contributed by atoms with Crippen molar-refractivity contribution in [2.75, 3.05) is 39.3 Å². The average molecular weight is 358 g/mol. The van der Waals surface area contributed by atoms with E-state index < -0.39 is 0 Å². The minimum atomic E-state index is -0.318. The van der Waals surface area contributed by atoms with Gasteiger partial charge in [-0.05, 0) is 57.1 Å². The zero-order valence-electron chi connectivity index (χ0n) is 16.2. The number of rotatable bonds is 8. The van der Waals surface area contributed by atoms with Gasteiger partial charge in [0.25, 0.3) is 0 Å². The molecule has 0 spiro atoms. The van der Waals surface area contributed by atoms with Gasteiger partial charge >= 0.3 is 5.63 Å². The van der Waals surface area contributed by atoms with Gasteiger partial charge in [-0.25, -0.2) is 4.79 Å². The van der Waals surface area contributed by atoms with Crippen molar-refractivity contribution in [2.24, 2.45) is 0 Å². The Kier molecular flexibility index (Phi) is 6.33. The van der Waals surface area contributed by atoms with Gasteiger partial charge in [-0.2, -0.15) is 0 Å². The average Bonchev–Trinajstić information content (AvgIpc) is 3.07. The van der Waals surface area contributed by atoms with Crippen LogP contribution < -0.4 is 10.4 Å². The summed E-state index contributed by atoms with van der Waals surface area (Å²) in [7, 11) is 0. The molecule has 0 amide bonds. The fourth-order valence-corrected chi connectivity index (χ4v) is 3.88. The molecule has 1 aliphatic heterocycles. The standard InChI is InChI=1S/C21H30N2O3/c1-4-22(15-17-7-6-10-23(17)5-2)11-12-25-18-8-9-19-16(3)13-21(24)26-20(19)14-18/h8-9,13-14,17H,4-7,10-12,15H2,1-3H3/t17-/m1/s1. The second-order valence-corrected chi connectivity index (χ2v) is 7.07. The topological polar surface area (TPSA) is 45.9 Å². The monoisotopic (exact) mass is 358 g/mol. The first kappa shape index (κ1) is 18.9. The highest BCUT2D eigenvalue weighted by molar-refractivity contribution is 5.81. The Balaban J connectivity index is 1.56. The molecule has 0 unspecified atom stereocenters. The molecule has 5 nitrogen and oxygen atoms in total. The van der Waals surface area contributed by atoms with Crippen LogP contribution in [0.5, 0.6) is 5.75 Å². The van der Waals surface area contributed by atoms with Crippen LogP contribution in [0.4, 0.5) is 0 Å². The predicted molar refractivity (Wildman–Crippen MR) is 105 cm³/mol. The SMILES string of the molecule is CCN(CCOc1ccc2c(C)cc(=O)oc2c1)C[C@H]1CCCN1CC. The van der Waals surface area contributed by atoms with Crippen molar-refractivity contribution < 1.29 is 9.15 Å². The number of likely N-dealkylation sites (tertiary alicyclic amines) is 1. The summed E-state index contributed by atoms with van der Waals surface area (Å²) >= 11 is 0. The van der Waals surface area contributed by atoms with E-state index in [9.17, 15) is 4.79 Å². The number of likely N-dealkylation sites (N-methyl/N-ethyl adjacent to an activating group) is 2. The van der Waals surface area contributed by atoms with Crippen molar-refractivity contribution in [3.63, 3.8) is 0 Å². The molecular formula is C21H30N2O3. The highest BCUT2D eigenvalue weighted by atomic mass is 16.5. The Bertz CT molecular complexity index is 786. The number of nitrogens with zero attached hydrogens (tertiary/aromatic N) is 2. The third-order valence-electron chi connectivity index (χ3n) is 5.42. The molecule has 2 heterocycles. The van der Waals surface area contributed by atoms with E-state index in [1.165, 1.54) is 25.5 Å². The summed E-state index contributed by atoms with van der Waals surface area (Å²) in [4.78, 5) is 16.6. The first-order valence-electron chi connectivity index (χ1n) is 9.74. The van der Waals surface area contributed by atoms with Gasteiger partial charge in [-0.3, -0.25) is 9.80 Å². The number of hydrogen-bond acceptors (Lipinski definition) is 5. The molecule has 26 heavy (non-hydrogen) atoms. The molecule has 0 bridgehead atoms. The summed E-state index contributed by atoms with van der Waals surface area (Å²) in [5, 5.41) is 0.952. The lowest BCUT2D eigenvalue weighted by molar-refractivity contribution is 0.160. The van der Waals surface area contributed by atoms with Crippen LogP contribution in [0, 0.1) is 6.92 Å². The summed E-state index contributed by atoms with van der Waals surface area (Å²) in [5.41, 5.74) is 1.20. The van der Waals surface area contributed by atoms with E-state index >= 15 is 0 Å². The lowest BCUT2D eigenvalue weighted by Gasteiger charge is -2.29. The molecule has 0 N–H and O–H groups in total. The third-order valence-corrected chi connectivity index (χ3v) is 5.42. The molecule has 1 saturated heterocycles. The van der Waals surface area contributed by atoms with Gasteiger partial charge in [0.15, 0.2) is 0 Å². The van der Waals surface area contributed by atoms with E-state index in [0.29, 0.717) is 18.2 Å². The molecular weight excluding hydrogens is 328 g/mol. The van der Waals surface area contributed by atoms with E-state index in [0.717, 1.165) is 42.9 Å². The number of fused-ring (bicyclic) bond motifs is 1. The van der Waals surface area contributed by atoms with Crippen LogP contribution in [0.25, 0.3) is 11.0 Å². The number of ether oxygens (including phenoxy) is 1. The lowest BCUT2D eigenvalue weighted by atomic mass is 10.1. The van der Waals surface area contributed by atoms with Gasteiger partial charge in [0.05, 0.1) is 0 Å². The highest BCUT2D eigenvalue weighted by Gasteiger charge is 2.24. The molecule has 3 rings (SSSR count). The molecule has 1 fully saturated rings. The van der Waals surface area contributed by atoms with Crippen molar-refractivity contribution in [1.29, 1.82) is 0 Å². The van der Waals surface area contributed by atoms with Crippen LogP contribution in [0.1, 0.15) is 32.3 Å². The highest BCUT2D eigenvalue weighted by Crippen LogP contribution is 2.22. The molecule has 1 atom stereocenters. The van der Waals surface area contributed by atoms with E-state index in [2.05, 4.69) is 23.6 Å². The zero-order valence-corrected chi connectivity index (χ0v) is 16.2. The fraction of sp³-hybridized carbons (Fsp3) is 0.571. The minimum Gasteiger partial charge on any atom is -0.492 e. The summed E-state index contributed by atoms with van der Waals surface area (Å²) in [5.74, 6) is 0.748. The van der Waals surface area contributed by atoms with Crippen molar-refractivity contribution in [3.05, 3.63) is 40.2 Å². The minimum absolute atomic E-state index is 0.318. The molecule has 2 aromatic rings. The van der Waals surface area contributed by atoms with Crippen molar-refractivity contribution in [2.45, 2.75) is 39.7 Å². The maximum absolute atomic E-state index is 11.6. The first-order chi connectivity index (χ1) is 12.6. The van der Waals surface area contributed by atoms with Gasteiger partial charge in [0, 0.05) is 36.7 Å². The van der Waals surface area contributed by atoms with Gasteiger partial charge in [-0.15, -0.1) is 0 Å². The summed E-state index contributed by atoms with van der Waals surface area (Å²) in [6.45, 7) is 12.4. The Morgan fingerprint density at radius 2 is 2.15 bits per heavy atom. The van der Waals surface area contributed by atoms with Crippen molar-refractivity contribution in [3.8, 4) is 5.75 Å². The molecule has 1 aliphatic rings. The number of aryl methyl sites for hydroxylation is 1. The molecule has 0 radical (unpaired) electrons. The molecule has 0 aliphatic carbocycles. The Labute approximate surface area is 155 Å². The predicted octanol–water partition coefficient (Wildman–Crippen LogP) is 3.29. The van der Waals surface area contributed by atoms with Gasteiger partial charge in [0.2, 0.25) is 0 Å². The van der Waals surface area contributed by atoms with Crippen molar-refractivity contribution in [1.82, 2.24) is 9.80 Å². The molecule has 1 aromatic carbocycles. The molecule has 5 heteroatoms. The summed E-state index contributed by atoms with van der Waals surface area (Å²) in [6, 6.07) is 7.91. The van der Waals surface area contributed by atoms with Crippen LogP contribution in [0.2, 0.25) is 0 Å². The van der Waals surface area contributed by atoms with Gasteiger partial charge in [0.1, 0.15) is 17.9 Å². The van der Waals surface area contributed by atoms with Gasteiger partial charge < -0.3 is 9.15 Å². The van der Waals surface area contributed by atoms with Crippen LogP contribution in [0.3, 0.4) is 0 Å². The number of hydrogen-bond donors (Lipinski definition) is 0. The van der Waals surface area contributed by atoms with E-state index in [1.807, 2.05) is 25.1 Å². The molecule has 1 aromatic heterocycles. The van der Waals surface area contributed by atoms with E-state index in [1.54, 1.807) is 0 Å². The lowest BCUT2D eigenvalue weighted by Crippen LogP contribution is -2.41. The van der Waals surface area contributed by atoms with E-state index in [4.69, 9.17) is 9.15 Å². The molecule has 142 valence electrons. The normalized spacial score (nSPS) is 18.1. The second kappa shape index (κ2) is 8.69. The van der Waals surface area contributed by atoms with Crippen LogP contribution in [-0.2, 0) is 0 Å². The van der Waals surface area contributed by atoms with Gasteiger partial charge in [-0.1, -0.05) is 13.8 Å². The zero-order chi connectivity index (χ0) is 18.5. The number of benzene rings is 1. The fourth-order valence-electron chi connectivity index (χ4n) is 3.88. The Hall–Kier alpha value is -1.85. The van der Waals surface area contributed by atoms with Crippen molar-refractivity contribution >= 4 is 11.0 Å².